The largest absolute Gasteiger partial charge is 0.480 e. The summed E-state index contributed by atoms with van der Waals surface area (Å²) in [5, 5.41) is 3.52. The van der Waals surface area contributed by atoms with E-state index < -0.39 is 0 Å². The molecule has 0 aliphatic heterocycles. The molecule has 1 unspecified atom stereocenters. The van der Waals surface area contributed by atoms with Crippen molar-refractivity contribution < 1.29 is 4.74 Å². The third-order valence-corrected chi connectivity index (χ3v) is 3.16. The van der Waals surface area contributed by atoms with Gasteiger partial charge in [0.05, 0.1) is 7.11 Å². The van der Waals surface area contributed by atoms with Crippen LogP contribution in [0.2, 0.25) is 0 Å². The predicted octanol–water partition coefficient (Wildman–Crippen LogP) is 1.96. The second-order valence-electron chi connectivity index (χ2n) is 3.43. The van der Waals surface area contributed by atoms with Gasteiger partial charge in [0.1, 0.15) is 0 Å². The first-order valence-corrected chi connectivity index (χ1v) is 5.33. The molecule has 0 saturated heterocycles. The Kier molecular flexibility index (Phi) is 2.51. The average Bonchev–Trinajstić information content (AvgIpc) is 2.82. The van der Waals surface area contributed by atoms with Gasteiger partial charge in [-0.05, 0) is 31.3 Å². The van der Waals surface area contributed by atoms with E-state index in [4.69, 9.17) is 4.74 Å². The van der Waals surface area contributed by atoms with E-state index in [1.165, 1.54) is 29.3 Å². The van der Waals surface area contributed by atoms with Crippen molar-refractivity contribution in [2.45, 2.75) is 31.8 Å². The third-order valence-electron chi connectivity index (χ3n) is 2.21. The minimum atomic E-state index is 0.411. The fourth-order valence-corrected chi connectivity index (χ4v) is 1.96. The van der Waals surface area contributed by atoms with E-state index in [0.29, 0.717) is 6.04 Å². The van der Waals surface area contributed by atoms with Crippen LogP contribution in [0.1, 0.15) is 30.7 Å². The molecular formula is C9H14N2OS. The number of aromatic nitrogens is 1. The smallest absolute Gasteiger partial charge is 0.225 e. The number of hydrogen-bond acceptors (Lipinski definition) is 4. The summed E-state index contributed by atoms with van der Waals surface area (Å²) in [6, 6.07) is 3.15. The molecule has 1 aromatic heterocycles. The lowest BCUT2D eigenvalue weighted by Gasteiger charge is -2.09. The molecule has 1 saturated carbocycles. The lowest BCUT2D eigenvalue weighted by molar-refractivity contribution is 0.402. The molecule has 13 heavy (non-hydrogen) atoms. The summed E-state index contributed by atoms with van der Waals surface area (Å²) in [7, 11) is 1.65. The van der Waals surface area contributed by atoms with Crippen molar-refractivity contribution in [1.29, 1.82) is 0 Å². The molecular weight excluding hydrogens is 184 g/mol. The fraction of sp³-hybridized carbons (Fsp3) is 0.667. The summed E-state index contributed by atoms with van der Waals surface area (Å²) in [6.45, 7) is 2.17. The molecule has 3 nitrogen and oxygen atoms in total. The van der Waals surface area contributed by atoms with Crippen LogP contribution in [0.3, 0.4) is 0 Å². The first kappa shape index (κ1) is 8.97. The number of methoxy groups -OCH3 is 1. The maximum absolute atomic E-state index is 5.04. The Labute approximate surface area is 82.3 Å². The van der Waals surface area contributed by atoms with E-state index in [-0.39, 0.29) is 0 Å². The van der Waals surface area contributed by atoms with E-state index in [1.807, 2.05) is 6.07 Å². The molecule has 1 aliphatic rings. The molecule has 0 spiro atoms. The van der Waals surface area contributed by atoms with Crippen LogP contribution in [0.4, 0.5) is 0 Å². The molecule has 0 radical (unpaired) electrons. The van der Waals surface area contributed by atoms with Crippen LogP contribution < -0.4 is 10.1 Å². The van der Waals surface area contributed by atoms with Crippen molar-refractivity contribution in [1.82, 2.24) is 9.69 Å². The summed E-state index contributed by atoms with van der Waals surface area (Å²) in [5.74, 6) is 0.726. The van der Waals surface area contributed by atoms with Crippen molar-refractivity contribution in [3.05, 3.63) is 10.9 Å². The Morgan fingerprint density at radius 1 is 1.69 bits per heavy atom. The van der Waals surface area contributed by atoms with Crippen molar-refractivity contribution in [2.75, 3.05) is 7.11 Å². The number of nitrogens with zero attached hydrogens (tertiary/aromatic N) is 1. The summed E-state index contributed by atoms with van der Waals surface area (Å²) in [4.78, 5) is 1.25. The molecule has 1 aromatic rings. The topological polar surface area (TPSA) is 34.1 Å². The van der Waals surface area contributed by atoms with Gasteiger partial charge < -0.3 is 10.1 Å². The highest BCUT2D eigenvalue weighted by Gasteiger charge is 2.24. The maximum atomic E-state index is 5.04. The summed E-state index contributed by atoms with van der Waals surface area (Å²) >= 11 is 1.51. The molecule has 1 atom stereocenters. The van der Waals surface area contributed by atoms with Crippen LogP contribution in [0.15, 0.2) is 6.07 Å². The molecule has 1 fully saturated rings. The van der Waals surface area contributed by atoms with Crippen LogP contribution in [-0.2, 0) is 0 Å². The lowest BCUT2D eigenvalue weighted by Crippen LogP contribution is -2.19. The van der Waals surface area contributed by atoms with E-state index in [9.17, 15) is 0 Å². The zero-order valence-electron chi connectivity index (χ0n) is 7.91. The van der Waals surface area contributed by atoms with Crippen molar-refractivity contribution in [3.63, 3.8) is 0 Å². The molecule has 72 valence electrons. The van der Waals surface area contributed by atoms with Crippen LogP contribution >= 0.6 is 11.5 Å². The molecule has 1 aliphatic carbocycles. The van der Waals surface area contributed by atoms with Crippen molar-refractivity contribution in [2.24, 2.45) is 0 Å². The second kappa shape index (κ2) is 3.64. The van der Waals surface area contributed by atoms with Crippen LogP contribution in [0.5, 0.6) is 5.88 Å². The Hall–Kier alpha value is -0.610. The van der Waals surface area contributed by atoms with E-state index >= 15 is 0 Å². The predicted molar refractivity (Wildman–Crippen MR) is 53.2 cm³/mol. The third kappa shape index (κ3) is 2.19. The van der Waals surface area contributed by atoms with Gasteiger partial charge in [0, 0.05) is 23.0 Å². The van der Waals surface area contributed by atoms with Gasteiger partial charge in [-0.25, -0.2) is 0 Å². The molecule has 0 bridgehead atoms. The minimum Gasteiger partial charge on any atom is -0.480 e. The average molecular weight is 198 g/mol. The van der Waals surface area contributed by atoms with Crippen LogP contribution in [0, 0.1) is 0 Å². The minimum absolute atomic E-state index is 0.411. The van der Waals surface area contributed by atoms with Crippen molar-refractivity contribution in [3.8, 4) is 5.88 Å². The maximum Gasteiger partial charge on any atom is 0.225 e. The number of ether oxygens (including phenoxy) is 1. The number of rotatable bonds is 4. The Morgan fingerprint density at radius 3 is 3.00 bits per heavy atom. The van der Waals surface area contributed by atoms with Gasteiger partial charge >= 0.3 is 0 Å². The second-order valence-corrected chi connectivity index (χ2v) is 4.27. The zero-order chi connectivity index (χ0) is 9.26. The van der Waals surface area contributed by atoms with E-state index in [0.717, 1.165) is 11.9 Å². The zero-order valence-corrected chi connectivity index (χ0v) is 8.73. The fourth-order valence-electron chi connectivity index (χ4n) is 1.26. The van der Waals surface area contributed by atoms with Crippen LogP contribution in [-0.4, -0.2) is 17.5 Å². The summed E-state index contributed by atoms with van der Waals surface area (Å²) < 4.78 is 9.20. The first-order chi connectivity index (χ1) is 6.29. The van der Waals surface area contributed by atoms with Gasteiger partial charge in [-0.15, -0.1) is 0 Å². The van der Waals surface area contributed by atoms with Gasteiger partial charge in [-0.3, -0.25) is 0 Å². The molecule has 1 N–H and O–H groups in total. The van der Waals surface area contributed by atoms with Crippen molar-refractivity contribution >= 4 is 11.5 Å². The lowest BCUT2D eigenvalue weighted by atomic mass is 10.3. The normalized spacial score (nSPS) is 18.6. The van der Waals surface area contributed by atoms with E-state index in [2.05, 4.69) is 16.6 Å². The van der Waals surface area contributed by atoms with Gasteiger partial charge in [0.25, 0.3) is 0 Å². The Balaban J connectivity index is 1.96. The standard InChI is InChI=1S/C9H14N2OS/c1-6(10-7-3-4-7)8-5-9(12-2)11-13-8/h5-7,10H,3-4H2,1-2H3. The molecule has 2 rings (SSSR count). The SMILES string of the molecule is COc1cc(C(C)NC2CC2)sn1. The van der Waals surface area contributed by atoms with Gasteiger partial charge in [-0.2, -0.15) is 4.37 Å². The Bertz CT molecular complexity index is 283. The molecule has 0 aromatic carbocycles. The monoisotopic (exact) mass is 198 g/mol. The van der Waals surface area contributed by atoms with E-state index in [1.54, 1.807) is 7.11 Å². The van der Waals surface area contributed by atoms with Gasteiger partial charge in [0.2, 0.25) is 5.88 Å². The highest BCUT2D eigenvalue weighted by atomic mass is 32.1. The number of hydrogen-bond donors (Lipinski definition) is 1. The molecule has 1 heterocycles. The Morgan fingerprint density at radius 2 is 2.46 bits per heavy atom. The molecule has 4 heteroatoms. The quantitative estimate of drug-likeness (QED) is 0.803. The first-order valence-electron chi connectivity index (χ1n) is 4.56. The number of nitrogens with one attached hydrogen (secondary N) is 1. The summed E-state index contributed by atoms with van der Waals surface area (Å²) in [6.07, 6.45) is 2.64. The summed E-state index contributed by atoms with van der Waals surface area (Å²) in [5.41, 5.74) is 0. The molecule has 0 amide bonds. The van der Waals surface area contributed by atoms with Gasteiger partial charge in [0.15, 0.2) is 0 Å². The highest BCUT2D eigenvalue weighted by molar-refractivity contribution is 7.06. The van der Waals surface area contributed by atoms with Crippen LogP contribution in [0.25, 0.3) is 0 Å². The highest BCUT2D eigenvalue weighted by Crippen LogP contribution is 2.27. The van der Waals surface area contributed by atoms with Gasteiger partial charge in [-0.1, -0.05) is 0 Å².